The molecule has 96 valence electrons. The van der Waals surface area contributed by atoms with Gasteiger partial charge in [-0.3, -0.25) is 0 Å². The first-order chi connectivity index (χ1) is 7.90. The molecule has 0 aliphatic carbocycles. The van der Waals surface area contributed by atoms with Gasteiger partial charge in [-0.15, -0.1) is 0 Å². The number of hydrogen-bond donors (Lipinski definition) is 1. The molecule has 0 radical (unpaired) electrons. The van der Waals surface area contributed by atoms with Crippen LogP contribution in [0, 0.1) is 6.92 Å². The number of likely N-dealkylation sites (N-methyl/N-ethyl adjacent to an activating group) is 1. The Morgan fingerprint density at radius 2 is 1.88 bits per heavy atom. The lowest BCUT2D eigenvalue weighted by atomic mass is 9.84. The smallest absolute Gasteiger partial charge is 0.125 e. The zero-order chi connectivity index (χ0) is 13.1. The molecule has 0 atom stereocenters. The molecule has 0 amide bonds. The lowest BCUT2D eigenvalue weighted by molar-refractivity contribution is 0.394. The van der Waals surface area contributed by atoms with Crippen molar-refractivity contribution < 1.29 is 4.74 Å². The number of ether oxygens (including phenoxy) is 1. The molecule has 0 spiro atoms. The van der Waals surface area contributed by atoms with Gasteiger partial charge in [-0.05, 0) is 43.5 Å². The lowest BCUT2D eigenvalue weighted by Gasteiger charge is -2.24. The number of nitrogens with one attached hydrogen (secondary N) is 1. The van der Waals surface area contributed by atoms with Crippen molar-refractivity contribution in [3.05, 3.63) is 28.8 Å². The maximum Gasteiger partial charge on any atom is 0.125 e. The summed E-state index contributed by atoms with van der Waals surface area (Å²) in [5, 5.41) is 3.19. The first kappa shape index (κ1) is 14.0. The fourth-order valence-corrected chi connectivity index (χ4v) is 2.09. The first-order valence-corrected chi connectivity index (χ1v) is 6.22. The molecule has 1 aromatic carbocycles. The van der Waals surface area contributed by atoms with E-state index in [0.717, 1.165) is 18.7 Å². The fraction of sp³-hybridized carbons (Fsp3) is 0.600. The third-order valence-corrected chi connectivity index (χ3v) is 3.01. The second kappa shape index (κ2) is 5.54. The van der Waals surface area contributed by atoms with E-state index < -0.39 is 0 Å². The van der Waals surface area contributed by atoms with Crippen LogP contribution < -0.4 is 10.1 Å². The van der Waals surface area contributed by atoms with Crippen molar-refractivity contribution in [2.75, 3.05) is 20.7 Å². The summed E-state index contributed by atoms with van der Waals surface area (Å²) in [7, 11) is 3.74. The monoisotopic (exact) mass is 235 g/mol. The Hall–Kier alpha value is -1.02. The molecule has 0 unspecified atom stereocenters. The quantitative estimate of drug-likeness (QED) is 0.866. The molecule has 1 aromatic rings. The first-order valence-electron chi connectivity index (χ1n) is 6.22. The minimum Gasteiger partial charge on any atom is -0.496 e. The van der Waals surface area contributed by atoms with Crippen LogP contribution in [0.5, 0.6) is 5.75 Å². The van der Waals surface area contributed by atoms with E-state index in [1.54, 1.807) is 7.11 Å². The van der Waals surface area contributed by atoms with E-state index in [1.165, 1.54) is 16.7 Å². The number of benzene rings is 1. The van der Waals surface area contributed by atoms with E-state index in [-0.39, 0.29) is 5.41 Å². The normalized spacial score (nSPS) is 11.6. The molecule has 0 saturated heterocycles. The Morgan fingerprint density at radius 1 is 1.24 bits per heavy atom. The highest BCUT2D eigenvalue weighted by Crippen LogP contribution is 2.34. The summed E-state index contributed by atoms with van der Waals surface area (Å²) in [5.41, 5.74) is 4.02. The summed E-state index contributed by atoms with van der Waals surface area (Å²) in [5.74, 6) is 1.03. The highest BCUT2D eigenvalue weighted by Gasteiger charge is 2.20. The molecule has 0 aliphatic heterocycles. The average Bonchev–Trinajstić information content (AvgIpc) is 2.24. The van der Waals surface area contributed by atoms with Gasteiger partial charge < -0.3 is 10.1 Å². The Morgan fingerprint density at radius 3 is 2.35 bits per heavy atom. The van der Waals surface area contributed by atoms with Crippen LogP contribution in [0.1, 0.15) is 37.5 Å². The summed E-state index contributed by atoms with van der Waals surface area (Å²) in [4.78, 5) is 0. The largest absolute Gasteiger partial charge is 0.496 e. The molecule has 0 bridgehead atoms. The van der Waals surface area contributed by atoms with Gasteiger partial charge in [0, 0.05) is 5.56 Å². The molecule has 0 saturated carbocycles. The van der Waals surface area contributed by atoms with Crippen LogP contribution in [0.2, 0.25) is 0 Å². The van der Waals surface area contributed by atoms with Gasteiger partial charge in [-0.25, -0.2) is 0 Å². The number of methoxy groups -OCH3 is 1. The van der Waals surface area contributed by atoms with Gasteiger partial charge in [0.2, 0.25) is 0 Å². The SMILES string of the molecule is CNCCc1cc(C)c(OC)c(C(C)(C)C)c1. The van der Waals surface area contributed by atoms with Crippen LogP contribution in [-0.2, 0) is 11.8 Å². The third-order valence-electron chi connectivity index (χ3n) is 3.01. The molecule has 0 aliphatic rings. The number of hydrogen-bond acceptors (Lipinski definition) is 2. The Bertz CT molecular complexity index is 377. The van der Waals surface area contributed by atoms with Gasteiger partial charge >= 0.3 is 0 Å². The van der Waals surface area contributed by atoms with Crippen molar-refractivity contribution in [3.63, 3.8) is 0 Å². The van der Waals surface area contributed by atoms with Crippen molar-refractivity contribution in [2.45, 2.75) is 39.5 Å². The second-order valence-electron chi connectivity index (χ2n) is 5.60. The van der Waals surface area contributed by atoms with E-state index in [9.17, 15) is 0 Å². The predicted octanol–water partition coefficient (Wildman–Crippen LogP) is 3.06. The standard InChI is InChI=1S/C15H25NO/c1-11-9-12(7-8-16-5)10-13(14(11)17-6)15(2,3)4/h9-10,16H,7-8H2,1-6H3. The van der Waals surface area contributed by atoms with Gasteiger partial charge in [0.05, 0.1) is 7.11 Å². The van der Waals surface area contributed by atoms with E-state index in [0.29, 0.717) is 0 Å². The van der Waals surface area contributed by atoms with Gasteiger partial charge in [0.15, 0.2) is 0 Å². The molecular formula is C15H25NO. The third kappa shape index (κ3) is 3.47. The van der Waals surface area contributed by atoms with Crippen LogP contribution in [0.3, 0.4) is 0 Å². The summed E-state index contributed by atoms with van der Waals surface area (Å²) >= 11 is 0. The molecule has 0 fully saturated rings. The van der Waals surface area contributed by atoms with Crippen molar-refractivity contribution in [1.82, 2.24) is 5.32 Å². The topological polar surface area (TPSA) is 21.3 Å². The molecular weight excluding hydrogens is 210 g/mol. The number of rotatable bonds is 4. The molecule has 1 N–H and O–H groups in total. The fourth-order valence-electron chi connectivity index (χ4n) is 2.09. The lowest BCUT2D eigenvalue weighted by Crippen LogP contribution is -2.16. The van der Waals surface area contributed by atoms with Gasteiger partial charge in [-0.2, -0.15) is 0 Å². The minimum absolute atomic E-state index is 0.117. The van der Waals surface area contributed by atoms with E-state index >= 15 is 0 Å². The van der Waals surface area contributed by atoms with E-state index in [2.05, 4.69) is 45.1 Å². The molecule has 2 nitrogen and oxygen atoms in total. The maximum absolute atomic E-state index is 5.55. The molecule has 1 rings (SSSR count). The van der Waals surface area contributed by atoms with Crippen LogP contribution in [0.25, 0.3) is 0 Å². The highest BCUT2D eigenvalue weighted by molar-refractivity contribution is 5.47. The molecule has 0 heterocycles. The molecule has 0 aromatic heterocycles. The van der Waals surface area contributed by atoms with Crippen molar-refractivity contribution in [1.29, 1.82) is 0 Å². The summed E-state index contributed by atoms with van der Waals surface area (Å²) in [6.45, 7) is 9.82. The summed E-state index contributed by atoms with van der Waals surface area (Å²) in [6, 6.07) is 4.51. The zero-order valence-corrected chi connectivity index (χ0v) is 12.0. The van der Waals surface area contributed by atoms with Gasteiger partial charge in [0.25, 0.3) is 0 Å². The number of aryl methyl sites for hydroxylation is 1. The molecule has 2 heteroatoms. The summed E-state index contributed by atoms with van der Waals surface area (Å²) < 4.78 is 5.55. The van der Waals surface area contributed by atoms with Crippen molar-refractivity contribution in [2.24, 2.45) is 0 Å². The predicted molar refractivity (Wildman–Crippen MR) is 74.1 cm³/mol. The zero-order valence-electron chi connectivity index (χ0n) is 12.0. The summed E-state index contributed by atoms with van der Waals surface area (Å²) in [6.07, 6.45) is 1.06. The van der Waals surface area contributed by atoms with Crippen molar-refractivity contribution in [3.8, 4) is 5.75 Å². The van der Waals surface area contributed by atoms with Crippen LogP contribution in [-0.4, -0.2) is 20.7 Å². The van der Waals surface area contributed by atoms with Gasteiger partial charge in [0.1, 0.15) is 5.75 Å². The van der Waals surface area contributed by atoms with Crippen LogP contribution in [0.15, 0.2) is 12.1 Å². The van der Waals surface area contributed by atoms with E-state index in [1.807, 2.05) is 7.05 Å². The highest BCUT2D eigenvalue weighted by atomic mass is 16.5. The minimum atomic E-state index is 0.117. The second-order valence-corrected chi connectivity index (χ2v) is 5.60. The van der Waals surface area contributed by atoms with E-state index in [4.69, 9.17) is 4.74 Å². The Labute approximate surface area is 105 Å². The Balaban J connectivity index is 3.19. The Kier molecular flexibility index (Phi) is 4.58. The molecule has 17 heavy (non-hydrogen) atoms. The van der Waals surface area contributed by atoms with Gasteiger partial charge in [-0.1, -0.05) is 32.9 Å². The average molecular weight is 235 g/mol. The van der Waals surface area contributed by atoms with Crippen LogP contribution >= 0.6 is 0 Å². The van der Waals surface area contributed by atoms with Crippen LogP contribution in [0.4, 0.5) is 0 Å². The maximum atomic E-state index is 5.55. The van der Waals surface area contributed by atoms with Crippen molar-refractivity contribution >= 4 is 0 Å².